The van der Waals surface area contributed by atoms with Gasteiger partial charge in [-0.3, -0.25) is 10.1 Å². The normalized spacial score (nSPS) is 10.0. The molecule has 1 amide bonds. The van der Waals surface area contributed by atoms with Crippen molar-refractivity contribution < 1.29 is 23.8 Å². The second-order valence-corrected chi connectivity index (χ2v) is 6.92. The molecule has 0 saturated heterocycles. The highest BCUT2D eigenvalue weighted by molar-refractivity contribution is 7.80. The summed E-state index contributed by atoms with van der Waals surface area (Å²) in [6.45, 7) is 0.713. The molecular weight excluding hydrogens is 428 g/mol. The maximum atomic E-state index is 12.5. The van der Waals surface area contributed by atoms with E-state index in [2.05, 4.69) is 15.4 Å². The smallest absolute Gasteiger partial charge is 0.337 e. The van der Waals surface area contributed by atoms with Crippen LogP contribution in [-0.4, -0.2) is 37.3 Å². The van der Waals surface area contributed by atoms with Crippen LogP contribution >= 0.6 is 12.2 Å². The van der Waals surface area contributed by atoms with Gasteiger partial charge in [-0.2, -0.15) is 0 Å². The van der Waals surface area contributed by atoms with Crippen LogP contribution in [0.4, 0.5) is 5.69 Å². The van der Waals surface area contributed by atoms with Crippen molar-refractivity contribution in [2.45, 2.75) is 0 Å². The van der Waals surface area contributed by atoms with Gasteiger partial charge >= 0.3 is 5.97 Å². The Morgan fingerprint density at radius 2 is 1.47 bits per heavy atom. The van der Waals surface area contributed by atoms with Crippen LogP contribution < -0.4 is 20.1 Å². The lowest BCUT2D eigenvalue weighted by atomic mass is 10.2. The van der Waals surface area contributed by atoms with Crippen LogP contribution in [0.25, 0.3) is 0 Å². The van der Waals surface area contributed by atoms with Gasteiger partial charge in [0.1, 0.15) is 24.7 Å². The fourth-order valence-electron chi connectivity index (χ4n) is 2.71. The number of nitrogens with one attached hydrogen (secondary N) is 2. The van der Waals surface area contributed by atoms with Crippen LogP contribution in [0.5, 0.6) is 11.5 Å². The lowest BCUT2D eigenvalue weighted by Crippen LogP contribution is -2.34. The van der Waals surface area contributed by atoms with Gasteiger partial charge in [-0.25, -0.2) is 4.79 Å². The average Bonchev–Trinajstić information content (AvgIpc) is 2.82. The number of methoxy groups -OCH3 is 1. The molecule has 3 aromatic rings. The maximum Gasteiger partial charge on any atom is 0.337 e. The van der Waals surface area contributed by atoms with Gasteiger partial charge < -0.3 is 19.5 Å². The van der Waals surface area contributed by atoms with E-state index >= 15 is 0 Å². The molecule has 0 heterocycles. The number of para-hydroxylation sites is 1. The first-order valence-corrected chi connectivity index (χ1v) is 10.2. The zero-order valence-corrected chi connectivity index (χ0v) is 18.2. The van der Waals surface area contributed by atoms with E-state index in [1.165, 1.54) is 7.11 Å². The number of esters is 1. The van der Waals surface area contributed by atoms with Crippen LogP contribution in [0.3, 0.4) is 0 Å². The molecule has 0 unspecified atom stereocenters. The Balaban J connectivity index is 1.48. The van der Waals surface area contributed by atoms with Crippen molar-refractivity contribution in [3.05, 3.63) is 90.0 Å². The van der Waals surface area contributed by atoms with Crippen LogP contribution in [0, 0.1) is 0 Å². The number of thiocarbonyl (C=S) groups is 1. The number of benzene rings is 3. The summed E-state index contributed by atoms with van der Waals surface area (Å²) in [6.07, 6.45) is 0. The largest absolute Gasteiger partial charge is 0.490 e. The third-order valence-corrected chi connectivity index (χ3v) is 4.46. The number of carbonyl (C=O) groups is 2. The molecule has 164 valence electrons. The minimum Gasteiger partial charge on any atom is -0.490 e. The van der Waals surface area contributed by atoms with E-state index in [4.69, 9.17) is 21.7 Å². The molecular formula is C24H22N2O5S. The molecule has 0 bridgehead atoms. The molecule has 7 nitrogen and oxygen atoms in total. The second kappa shape index (κ2) is 11.5. The van der Waals surface area contributed by atoms with E-state index in [0.29, 0.717) is 35.8 Å². The summed E-state index contributed by atoms with van der Waals surface area (Å²) in [7, 11) is 1.32. The van der Waals surface area contributed by atoms with Gasteiger partial charge in [0.15, 0.2) is 5.11 Å². The van der Waals surface area contributed by atoms with Crippen LogP contribution in [0.1, 0.15) is 20.7 Å². The fraction of sp³-hybridized carbons (Fsp3) is 0.125. The first-order valence-electron chi connectivity index (χ1n) is 9.76. The molecule has 0 aliphatic rings. The Morgan fingerprint density at radius 3 is 2.16 bits per heavy atom. The third-order valence-electron chi connectivity index (χ3n) is 4.25. The zero-order chi connectivity index (χ0) is 22.8. The Hall–Kier alpha value is -3.91. The molecule has 3 rings (SSSR count). The summed E-state index contributed by atoms with van der Waals surface area (Å²) in [5, 5.41) is 5.65. The van der Waals surface area contributed by atoms with Crippen molar-refractivity contribution in [1.29, 1.82) is 0 Å². The average molecular weight is 451 g/mol. The highest BCUT2D eigenvalue weighted by Gasteiger charge is 2.10. The number of anilines is 1. The van der Waals surface area contributed by atoms with E-state index in [9.17, 15) is 9.59 Å². The molecule has 2 N–H and O–H groups in total. The topological polar surface area (TPSA) is 85.9 Å². The number of hydrogen-bond acceptors (Lipinski definition) is 6. The Bertz CT molecular complexity index is 1070. The first-order chi connectivity index (χ1) is 15.5. The van der Waals surface area contributed by atoms with E-state index in [1.807, 2.05) is 30.3 Å². The van der Waals surface area contributed by atoms with Gasteiger partial charge in [0.2, 0.25) is 0 Å². The highest BCUT2D eigenvalue weighted by Crippen LogP contribution is 2.15. The SMILES string of the molecule is COC(=O)c1ccc(NC(=S)NC(=O)c2cccc(OCCOc3ccccc3)c2)cc1. The quantitative estimate of drug-likeness (QED) is 0.304. The zero-order valence-electron chi connectivity index (χ0n) is 17.4. The summed E-state index contributed by atoms with van der Waals surface area (Å²) in [5.41, 5.74) is 1.44. The summed E-state index contributed by atoms with van der Waals surface area (Å²) < 4.78 is 15.9. The standard InChI is InChI=1S/C24H22N2O5S/c1-29-23(28)17-10-12-19(13-11-17)25-24(32)26-22(27)18-6-5-9-21(16-18)31-15-14-30-20-7-3-2-4-8-20/h2-13,16H,14-15H2,1H3,(H2,25,26,27,32). The van der Waals surface area contributed by atoms with Gasteiger partial charge in [-0.05, 0) is 66.8 Å². The van der Waals surface area contributed by atoms with Gasteiger partial charge in [0.25, 0.3) is 5.91 Å². The van der Waals surface area contributed by atoms with Crippen LogP contribution in [0.15, 0.2) is 78.9 Å². The molecule has 0 atom stereocenters. The number of rotatable bonds is 8. The molecule has 3 aromatic carbocycles. The van der Waals surface area contributed by atoms with Gasteiger partial charge in [0.05, 0.1) is 12.7 Å². The lowest BCUT2D eigenvalue weighted by molar-refractivity contribution is 0.0600. The summed E-state index contributed by atoms with van der Waals surface area (Å²) in [4.78, 5) is 24.0. The maximum absolute atomic E-state index is 12.5. The molecule has 0 radical (unpaired) electrons. The van der Waals surface area contributed by atoms with Gasteiger partial charge in [0, 0.05) is 11.3 Å². The Kier molecular flexibility index (Phi) is 8.16. The van der Waals surface area contributed by atoms with Crippen molar-refractivity contribution in [3.8, 4) is 11.5 Å². The molecule has 0 spiro atoms. The number of amides is 1. The fourth-order valence-corrected chi connectivity index (χ4v) is 2.92. The highest BCUT2D eigenvalue weighted by atomic mass is 32.1. The van der Waals surface area contributed by atoms with E-state index < -0.39 is 5.97 Å². The minimum absolute atomic E-state index is 0.128. The van der Waals surface area contributed by atoms with E-state index in [1.54, 1.807) is 48.5 Å². The minimum atomic E-state index is -0.429. The van der Waals surface area contributed by atoms with Crippen molar-refractivity contribution in [2.75, 3.05) is 25.6 Å². The summed E-state index contributed by atoms with van der Waals surface area (Å²) >= 11 is 5.20. The van der Waals surface area contributed by atoms with Crippen molar-refractivity contribution in [2.24, 2.45) is 0 Å². The second-order valence-electron chi connectivity index (χ2n) is 6.51. The predicted octanol–water partition coefficient (Wildman–Crippen LogP) is 4.06. The summed E-state index contributed by atoms with van der Waals surface area (Å²) in [6, 6.07) is 22.8. The molecule has 0 aromatic heterocycles. The van der Waals surface area contributed by atoms with E-state index in [0.717, 1.165) is 5.75 Å². The monoisotopic (exact) mass is 450 g/mol. The number of carbonyl (C=O) groups excluding carboxylic acids is 2. The molecule has 0 saturated carbocycles. The molecule has 0 aliphatic heterocycles. The van der Waals surface area contributed by atoms with Gasteiger partial charge in [-0.1, -0.05) is 24.3 Å². The number of hydrogen-bond donors (Lipinski definition) is 2. The summed E-state index contributed by atoms with van der Waals surface area (Å²) in [5.74, 6) is 0.512. The molecule has 32 heavy (non-hydrogen) atoms. The Labute approximate surface area is 191 Å². The third kappa shape index (κ3) is 6.82. The van der Waals surface area contributed by atoms with Crippen molar-refractivity contribution in [1.82, 2.24) is 5.32 Å². The molecule has 0 fully saturated rings. The molecule has 0 aliphatic carbocycles. The van der Waals surface area contributed by atoms with Crippen molar-refractivity contribution in [3.63, 3.8) is 0 Å². The van der Waals surface area contributed by atoms with E-state index in [-0.39, 0.29) is 11.0 Å². The van der Waals surface area contributed by atoms with Crippen LogP contribution in [-0.2, 0) is 4.74 Å². The van der Waals surface area contributed by atoms with Crippen molar-refractivity contribution >= 4 is 34.9 Å². The van der Waals surface area contributed by atoms with Crippen LogP contribution in [0.2, 0.25) is 0 Å². The van der Waals surface area contributed by atoms with Gasteiger partial charge in [-0.15, -0.1) is 0 Å². The number of ether oxygens (including phenoxy) is 3. The first kappa shape index (κ1) is 22.8. The lowest BCUT2D eigenvalue weighted by Gasteiger charge is -2.11. The molecule has 8 heteroatoms. The predicted molar refractivity (Wildman–Crippen MR) is 125 cm³/mol. The Morgan fingerprint density at radius 1 is 0.812 bits per heavy atom.